The molecule has 0 fully saturated rings. The van der Waals surface area contributed by atoms with Crippen molar-refractivity contribution in [1.29, 1.82) is 0 Å². The van der Waals surface area contributed by atoms with Crippen LogP contribution in [0.25, 0.3) is 0 Å². The summed E-state index contributed by atoms with van der Waals surface area (Å²) < 4.78 is 0. The Balaban J connectivity index is 0. The molecule has 0 aliphatic rings. The van der Waals surface area contributed by atoms with Crippen LogP contribution in [0.1, 0.15) is 6.92 Å². The van der Waals surface area contributed by atoms with Gasteiger partial charge < -0.3 is 11.7 Å². The van der Waals surface area contributed by atoms with Gasteiger partial charge in [-0.15, -0.1) is 0 Å². The molecule has 0 saturated heterocycles. The zero-order valence-electron chi connectivity index (χ0n) is 2.95. The van der Waals surface area contributed by atoms with Gasteiger partial charge in [-0.1, -0.05) is 0 Å². The van der Waals surface area contributed by atoms with Gasteiger partial charge >= 0.3 is 0 Å². The summed E-state index contributed by atoms with van der Waals surface area (Å²) in [7, 11) is 0. The number of carbonyl (C=O) groups is 1. The fourth-order valence-corrected chi connectivity index (χ4v) is 0. The zero-order valence-corrected chi connectivity index (χ0v) is 3.99. The van der Waals surface area contributed by atoms with E-state index in [2.05, 4.69) is 6.92 Å². The monoisotopic (exact) mass is 116 g/mol. The van der Waals surface area contributed by atoms with E-state index in [0.29, 0.717) is 0 Å². The Morgan fingerprint density at radius 3 is 1.80 bits per heavy atom. The molecule has 0 amide bonds. The molecule has 0 bridgehead atoms. The summed E-state index contributed by atoms with van der Waals surface area (Å²) in [4.78, 5) is 9.33. The van der Waals surface area contributed by atoms with Gasteiger partial charge in [0.05, 0.1) is 0 Å². The molecule has 1 radical (unpaired) electrons. The molecule has 0 atom stereocenters. The molecule has 33 valence electrons. The summed E-state index contributed by atoms with van der Waals surface area (Å²) in [6.45, 7) is 4.42. The van der Waals surface area contributed by atoms with Gasteiger partial charge in [0.1, 0.15) is 0 Å². The molecule has 0 aliphatic carbocycles. The smallest absolute Gasteiger partial charge is 0 e. The van der Waals surface area contributed by atoms with E-state index in [4.69, 9.17) is 0 Å². The molecule has 0 N–H and O–H groups in total. The number of rotatable bonds is 0. The van der Waals surface area contributed by atoms with Crippen molar-refractivity contribution in [3.8, 4) is 0 Å². The quantitative estimate of drug-likeness (QED) is 0.419. The normalized spacial score (nSPS) is 5.00. The molecule has 0 aromatic heterocycles. The molecular weight excluding hydrogens is 111 g/mol. The van der Waals surface area contributed by atoms with Crippen molar-refractivity contribution in [2.45, 2.75) is 6.92 Å². The Morgan fingerprint density at radius 2 is 1.80 bits per heavy atom. The standard InChI is InChI=1S/C3H5O.Co/c1-3(2)4;/h1H2,2H3;/q-1;. The molecule has 0 heterocycles. The summed E-state index contributed by atoms with van der Waals surface area (Å²) in [6, 6.07) is 0. The van der Waals surface area contributed by atoms with E-state index in [0.717, 1.165) is 0 Å². The third-order valence-corrected chi connectivity index (χ3v) is 0. The minimum Gasteiger partial charge on any atom is -0.340 e. The number of hydrogen-bond acceptors (Lipinski definition) is 1. The molecular formula is C3H5CoO-. The molecule has 0 saturated carbocycles. The molecule has 0 unspecified atom stereocenters. The Bertz CT molecular complexity index is 29.9. The van der Waals surface area contributed by atoms with Gasteiger partial charge in [-0.05, 0) is 12.7 Å². The Morgan fingerprint density at radius 1 is 1.80 bits per heavy atom. The first kappa shape index (κ1) is 8.90. The van der Waals surface area contributed by atoms with Crippen molar-refractivity contribution < 1.29 is 21.6 Å². The minimum absolute atomic E-state index is 0. The maximum atomic E-state index is 9.33. The first-order chi connectivity index (χ1) is 1.73. The first-order valence-corrected chi connectivity index (χ1v) is 1.06. The average Bonchev–Trinajstić information content (AvgIpc) is 0.811. The van der Waals surface area contributed by atoms with Gasteiger partial charge in [0, 0.05) is 16.8 Å². The summed E-state index contributed by atoms with van der Waals surface area (Å²) in [5.41, 5.74) is 0. The van der Waals surface area contributed by atoms with Crippen LogP contribution in [-0.4, -0.2) is 5.78 Å². The van der Waals surface area contributed by atoms with Gasteiger partial charge in [-0.2, -0.15) is 0 Å². The summed E-state index contributed by atoms with van der Waals surface area (Å²) in [5, 5.41) is 0. The molecule has 2 heteroatoms. The number of Topliss-reactive ketones (excluding diaryl/α,β-unsaturated/α-hetero) is 1. The number of ketones is 1. The van der Waals surface area contributed by atoms with Gasteiger partial charge in [0.25, 0.3) is 0 Å². The summed E-state index contributed by atoms with van der Waals surface area (Å²) in [5.74, 6) is -0.0833. The van der Waals surface area contributed by atoms with Crippen LogP contribution >= 0.6 is 0 Å². The number of hydrogen-bond donors (Lipinski definition) is 0. The van der Waals surface area contributed by atoms with Gasteiger partial charge in [0.2, 0.25) is 0 Å². The SMILES string of the molecule is [CH2-]C(C)=O.[Co]. The molecule has 0 spiro atoms. The first-order valence-electron chi connectivity index (χ1n) is 1.06. The van der Waals surface area contributed by atoms with Crippen LogP contribution in [0.15, 0.2) is 0 Å². The van der Waals surface area contributed by atoms with Crippen molar-refractivity contribution in [2.24, 2.45) is 0 Å². The fraction of sp³-hybridized carbons (Fsp3) is 0.333. The van der Waals surface area contributed by atoms with E-state index in [1.54, 1.807) is 0 Å². The van der Waals surface area contributed by atoms with E-state index in [-0.39, 0.29) is 22.6 Å². The van der Waals surface area contributed by atoms with Crippen LogP contribution in [0.4, 0.5) is 0 Å². The van der Waals surface area contributed by atoms with E-state index in [1.807, 2.05) is 0 Å². The minimum atomic E-state index is -0.0833. The largest absolute Gasteiger partial charge is 0.340 e. The molecule has 1 nitrogen and oxygen atoms in total. The zero-order chi connectivity index (χ0) is 3.58. The van der Waals surface area contributed by atoms with Crippen molar-refractivity contribution in [3.63, 3.8) is 0 Å². The Labute approximate surface area is 42.0 Å². The predicted molar refractivity (Wildman–Crippen MR) is 16.0 cm³/mol. The van der Waals surface area contributed by atoms with Crippen LogP contribution in [0, 0.1) is 6.92 Å². The molecule has 5 heavy (non-hydrogen) atoms. The van der Waals surface area contributed by atoms with Crippen molar-refractivity contribution in [2.75, 3.05) is 0 Å². The van der Waals surface area contributed by atoms with Crippen molar-refractivity contribution >= 4 is 5.78 Å². The third-order valence-electron chi connectivity index (χ3n) is 0. The molecule has 0 rings (SSSR count). The van der Waals surface area contributed by atoms with E-state index < -0.39 is 0 Å². The van der Waals surface area contributed by atoms with Gasteiger partial charge in [0.15, 0.2) is 0 Å². The Kier molecular flexibility index (Phi) is 7.21. The summed E-state index contributed by atoms with van der Waals surface area (Å²) >= 11 is 0. The average molecular weight is 116 g/mol. The van der Waals surface area contributed by atoms with Crippen LogP contribution in [0.2, 0.25) is 0 Å². The summed E-state index contributed by atoms with van der Waals surface area (Å²) in [6.07, 6.45) is 0. The molecule has 0 aromatic rings. The second-order valence-corrected chi connectivity index (χ2v) is 0.702. The number of carbonyl (C=O) groups excluding carboxylic acids is 1. The second-order valence-electron chi connectivity index (χ2n) is 0.702. The van der Waals surface area contributed by atoms with E-state index in [9.17, 15) is 4.79 Å². The predicted octanol–water partition coefficient (Wildman–Crippen LogP) is 0.407. The fourth-order valence-electron chi connectivity index (χ4n) is 0. The molecule has 0 aliphatic heterocycles. The van der Waals surface area contributed by atoms with E-state index in [1.165, 1.54) is 6.92 Å². The topological polar surface area (TPSA) is 17.1 Å². The van der Waals surface area contributed by atoms with Gasteiger partial charge in [-0.25, -0.2) is 0 Å². The maximum absolute atomic E-state index is 9.33. The van der Waals surface area contributed by atoms with Crippen LogP contribution in [0.3, 0.4) is 0 Å². The molecule has 0 aromatic carbocycles. The van der Waals surface area contributed by atoms with Crippen molar-refractivity contribution in [1.82, 2.24) is 0 Å². The maximum Gasteiger partial charge on any atom is 0 e. The second kappa shape index (κ2) is 4.05. The van der Waals surface area contributed by atoms with Crippen LogP contribution in [0.5, 0.6) is 0 Å². The van der Waals surface area contributed by atoms with Crippen molar-refractivity contribution in [3.05, 3.63) is 6.92 Å². The van der Waals surface area contributed by atoms with Crippen LogP contribution < -0.4 is 0 Å². The third kappa shape index (κ3) is 7840. The Hall–Kier alpha value is 0.0465. The van der Waals surface area contributed by atoms with Crippen LogP contribution in [-0.2, 0) is 21.6 Å². The van der Waals surface area contributed by atoms with E-state index >= 15 is 0 Å². The van der Waals surface area contributed by atoms with Gasteiger partial charge in [-0.3, -0.25) is 0 Å².